The maximum absolute atomic E-state index is 12.8. The Balaban J connectivity index is 1.52. The number of carboxylic acids is 1. The summed E-state index contributed by atoms with van der Waals surface area (Å²) in [4.78, 5) is 27.9. The van der Waals surface area contributed by atoms with E-state index in [9.17, 15) is 9.59 Å². The molecule has 0 atom stereocenters. The predicted molar refractivity (Wildman–Crippen MR) is 112 cm³/mol. The van der Waals surface area contributed by atoms with E-state index in [0.29, 0.717) is 47.4 Å². The van der Waals surface area contributed by atoms with Gasteiger partial charge in [-0.05, 0) is 48.9 Å². The largest absolute Gasteiger partial charge is 0.475 e. The Bertz CT molecular complexity index is 1120. The van der Waals surface area contributed by atoms with Crippen LogP contribution < -0.4 is 4.90 Å². The van der Waals surface area contributed by atoms with Crippen LogP contribution in [0.2, 0.25) is 10.0 Å². The Labute approximate surface area is 177 Å². The van der Waals surface area contributed by atoms with Crippen LogP contribution in [0.4, 0.5) is 5.69 Å². The average molecular weight is 433 g/mol. The molecule has 1 fully saturated rings. The number of amides is 1. The van der Waals surface area contributed by atoms with Crippen molar-refractivity contribution in [2.75, 3.05) is 31.1 Å². The second-order valence-corrected chi connectivity index (χ2v) is 7.78. The number of carboxylic acid groups (broad SMARTS) is 1. The number of benzene rings is 2. The zero-order valence-electron chi connectivity index (χ0n) is 15.6. The van der Waals surface area contributed by atoms with Crippen LogP contribution in [0, 0.1) is 6.92 Å². The minimum Gasteiger partial charge on any atom is -0.475 e. The summed E-state index contributed by atoms with van der Waals surface area (Å²) in [5.41, 5.74) is 2.91. The Hall–Kier alpha value is -2.70. The van der Waals surface area contributed by atoms with Gasteiger partial charge in [-0.1, -0.05) is 23.2 Å². The number of rotatable bonds is 3. The standard InChI is InChI=1S/C21H18Cl2N2O4/c1-12-14-11-19(21(27)28)29-18(14)5-4-17(12)24-6-8-25(9-7-24)20(26)15-10-13(22)2-3-16(15)23/h2-5,10-11H,6-9H2,1H3,(H,27,28). The summed E-state index contributed by atoms with van der Waals surface area (Å²) >= 11 is 12.2. The molecule has 1 amide bonds. The molecule has 0 saturated carbocycles. The predicted octanol–water partition coefficient (Wildman–Crippen LogP) is 4.71. The van der Waals surface area contributed by atoms with E-state index in [1.165, 1.54) is 0 Å². The van der Waals surface area contributed by atoms with E-state index in [4.69, 9.17) is 32.7 Å². The van der Waals surface area contributed by atoms with Gasteiger partial charge in [-0.3, -0.25) is 4.79 Å². The van der Waals surface area contributed by atoms with Gasteiger partial charge < -0.3 is 19.3 Å². The van der Waals surface area contributed by atoms with Crippen LogP contribution in [0.25, 0.3) is 11.0 Å². The molecule has 0 aliphatic carbocycles. The van der Waals surface area contributed by atoms with Gasteiger partial charge >= 0.3 is 5.97 Å². The second kappa shape index (κ2) is 7.61. The molecule has 2 aromatic carbocycles. The molecule has 29 heavy (non-hydrogen) atoms. The van der Waals surface area contributed by atoms with Gasteiger partial charge in [0.15, 0.2) is 0 Å². The highest BCUT2D eigenvalue weighted by Crippen LogP contribution is 2.31. The first-order valence-corrected chi connectivity index (χ1v) is 9.86. The number of halogens is 2. The van der Waals surface area contributed by atoms with Gasteiger partial charge in [-0.2, -0.15) is 0 Å². The molecule has 6 nitrogen and oxygen atoms in total. The van der Waals surface area contributed by atoms with Crippen LogP contribution in [0.5, 0.6) is 0 Å². The van der Waals surface area contributed by atoms with Crippen LogP contribution in [0.3, 0.4) is 0 Å². The van der Waals surface area contributed by atoms with Crippen LogP contribution in [-0.2, 0) is 0 Å². The number of carbonyl (C=O) groups excluding carboxylic acids is 1. The number of aryl methyl sites for hydroxylation is 1. The molecule has 8 heteroatoms. The summed E-state index contributed by atoms with van der Waals surface area (Å²) in [6.45, 7) is 4.34. The van der Waals surface area contributed by atoms with Crippen molar-refractivity contribution in [3.63, 3.8) is 0 Å². The fraction of sp³-hybridized carbons (Fsp3) is 0.238. The van der Waals surface area contributed by atoms with Crippen molar-refractivity contribution in [2.45, 2.75) is 6.92 Å². The smallest absolute Gasteiger partial charge is 0.371 e. The van der Waals surface area contributed by atoms with Crippen molar-refractivity contribution in [3.05, 3.63) is 63.3 Å². The van der Waals surface area contributed by atoms with E-state index in [0.717, 1.165) is 16.6 Å². The summed E-state index contributed by atoms with van der Waals surface area (Å²) < 4.78 is 5.38. The molecular formula is C21H18Cl2N2O4. The number of aromatic carboxylic acids is 1. The molecular weight excluding hydrogens is 415 g/mol. The van der Waals surface area contributed by atoms with E-state index in [-0.39, 0.29) is 11.7 Å². The van der Waals surface area contributed by atoms with Gasteiger partial charge in [0.05, 0.1) is 10.6 Å². The first-order valence-electron chi connectivity index (χ1n) is 9.11. The summed E-state index contributed by atoms with van der Waals surface area (Å²) in [5, 5.41) is 10.8. The Morgan fingerprint density at radius 1 is 1.03 bits per heavy atom. The fourth-order valence-electron chi connectivity index (χ4n) is 3.67. The van der Waals surface area contributed by atoms with Gasteiger partial charge in [0.25, 0.3) is 5.91 Å². The number of furan rings is 1. The van der Waals surface area contributed by atoms with Crippen LogP contribution in [0.15, 0.2) is 40.8 Å². The Morgan fingerprint density at radius 3 is 2.45 bits per heavy atom. The highest BCUT2D eigenvalue weighted by Gasteiger charge is 2.25. The fourth-order valence-corrected chi connectivity index (χ4v) is 4.04. The number of anilines is 1. The van der Waals surface area contributed by atoms with Crippen molar-refractivity contribution >= 4 is 51.7 Å². The molecule has 1 aliphatic rings. The molecule has 3 aromatic rings. The topological polar surface area (TPSA) is 74.0 Å². The summed E-state index contributed by atoms with van der Waals surface area (Å²) in [6.07, 6.45) is 0. The molecule has 1 aliphatic heterocycles. The van der Waals surface area contributed by atoms with Crippen LogP contribution >= 0.6 is 23.2 Å². The van der Waals surface area contributed by atoms with E-state index in [1.54, 1.807) is 35.2 Å². The SMILES string of the molecule is Cc1c(N2CCN(C(=O)c3cc(Cl)ccc3Cl)CC2)ccc2oc(C(=O)O)cc12. The van der Waals surface area contributed by atoms with Gasteiger partial charge in [-0.15, -0.1) is 0 Å². The van der Waals surface area contributed by atoms with Gasteiger partial charge in [0.1, 0.15) is 5.58 Å². The number of piperazine rings is 1. The number of fused-ring (bicyclic) bond motifs is 1. The minimum absolute atomic E-state index is 0.0749. The lowest BCUT2D eigenvalue weighted by Crippen LogP contribution is -2.49. The lowest BCUT2D eigenvalue weighted by atomic mass is 10.1. The molecule has 1 aromatic heterocycles. The van der Waals surface area contributed by atoms with E-state index < -0.39 is 5.97 Å². The van der Waals surface area contributed by atoms with Crippen molar-refractivity contribution in [1.29, 1.82) is 0 Å². The van der Waals surface area contributed by atoms with Crippen molar-refractivity contribution in [3.8, 4) is 0 Å². The van der Waals surface area contributed by atoms with Gasteiger partial charge in [0, 0.05) is 42.3 Å². The number of nitrogens with zero attached hydrogens (tertiary/aromatic N) is 2. The van der Waals surface area contributed by atoms with Crippen molar-refractivity contribution < 1.29 is 19.1 Å². The Morgan fingerprint density at radius 2 is 1.76 bits per heavy atom. The Kier molecular flexibility index (Phi) is 5.15. The molecule has 0 radical (unpaired) electrons. The highest BCUT2D eigenvalue weighted by atomic mass is 35.5. The summed E-state index contributed by atoms with van der Waals surface area (Å²) in [5.74, 6) is -1.30. The zero-order chi connectivity index (χ0) is 20.7. The molecule has 4 rings (SSSR count). The molecule has 1 saturated heterocycles. The van der Waals surface area contributed by atoms with Crippen LogP contribution in [0.1, 0.15) is 26.5 Å². The normalized spacial score (nSPS) is 14.4. The van der Waals surface area contributed by atoms with Gasteiger partial charge in [-0.25, -0.2) is 4.79 Å². The van der Waals surface area contributed by atoms with Crippen LogP contribution in [-0.4, -0.2) is 48.1 Å². The molecule has 1 N–H and O–H groups in total. The maximum Gasteiger partial charge on any atom is 0.371 e. The number of hydrogen-bond donors (Lipinski definition) is 1. The quantitative estimate of drug-likeness (QED) is 0.648. The molecule has 0 spiro atoms. The zero-order valence-corrected chi connectivity index (χ0v) is 17.1. The van der Waals surface area contributed by atoms with Crippen molar-refractivity contribution in [1.82, 2.24) is 4.90 Å². The van der Waals surface area contributed by atoms with Gasteiger partial charge in [0.2, 0.25) is 5.76 Å². The van der Waals surface area contributed by atoms with E-state index in [2.05, 4.69) is 4.90 Å². The lowest BCUT2D eigenvalue weighted by Gasteiger charge is -2.37. The highest BCUT2D eigenvalue weighted by molar-refractivity contribution is 6.35. The monoisotopic (exact) mass is 432 g/mol. The van der Waals surface area contributed by atoms with Crippen molar-refractivity contribution in [2.24, 2.45) is 0 Å². The third-order valence-electron chi connectivity index (χ3n) is 5.22. The third kappa shape index (κ3) is 3.66. The molecule has 0 unspecified atom stereocenters. The lowest BCUT2D eigenvalue weighted by molar-refractivity contribution is 0.0664. The summed E-state index contributed by atoms with van der Waals surface area (Å²) in [7, 11) is 0. The maximum atomic E-state index is 12.8. The third-order valence-corrected chi connectivity index (χ3v) is 5.78. The van der Waals surface area contributed by atoms with E-state index >= 15 is 0 Å². The second-order valence-electron chi connectivity index (χ2n) is 6.94. The average Bonchev–Trinajstić information content (AvgIpc) is 3.16. The summed E-state index contributed by atoms with van der Waals surface area (Å²) in [6, 6.07) is 10.1. The van der Waals surface area contributed by atoms with E-state index in [1.807, 2.05) is 13.0 Å². The first-order chi connectivity index (χ1) is 13.8. The molecule has 0 bridgehead atoms. The first kappa shape index (κ1) is 19.6. The number of carbonyl (C=O) groups is 2. The molecule has 2 heterocycles. The number of hydrogen-bond acceptors (Lipinski definition) is 4. The minimum atomic E-state index is -1.09. The molecule has 150 valence electrons.